The number of anilines is 1. The number of benzene rings is 2. The van der Waals surface area contributed by atoms with E-state index in [1.807, 2.05) is 24.3 Å². The van der Waals surface area contributed by atoms with Gasteiger partial charge in [0.15, 0.2) is 5.75 Å². The summed E-state index contributed by atoms with van der Waals surface area (Å²) in [7, 11) is -0.485. The molecule has 0 radical (unpaired) electrons. The average Bonchev–Trinajstić information content (AvgIpc) is 2.69. The zero-order valence-corrected chi connectivity index (χ0v) is 18.1. The van der Waals surface area contributed by atoms with Crippen LogP contribution in [0.3, 0.4) is 0 Å². The molecule has 2 aromatic carbocycles. The molecule has 9 heteroatoms. The quantitative estimate of drug-likeness (QED) is 0.544. The highest BCUT2D eigenvalue weighted by Crippen LogP contribution is 2.33. The summed E-state index contributed by atoms with van der Waals surface area (Å²) in [5.74, 6) is 0.769. The van der Waals surface area contributed by atoms with E-state index < -0.39 is 10.0 Å². The highest BCUT2D eigenvalue weighted by Gasteiger charge is 2.17. The first-order chi connectivity index (χ1) is 13.8. The van der Waals surface area contributed by atoms with E-state index in [-0.39, 0.29) is 10.8 Å². The van der Waals surface area contributed by atoms with Gasteiger partial charge in [0.05, 0.1) is 15.6 Å². The van der Waals surface area contributed by atoms with Crippen LogP contribution >= 0.6 is 23.2 Å². The van der Waals surface area contributed by atoms with Crippen molar-refractivity contribution in [1.29, 1.82) is 0 Å². The number of halogens is 2. The Labute approximate surface area is 180 Å². The zero-order chi connectivity index (χ0) is 21.0. The van der Waals surface area contributed by atoms with Crippen LogP contribution in [0.2, 0.25) is 10.0 Å². The van der Waals surface area contributed by atoms with E-state index in [2.05, 4.69) is 10.3 Å². The lowest BCUT2D eigenvalue weighted by Crippen LogP contribution is -2.22. The third-order valence-electron chi connectivity index (χ3n) is 4.03. The summed E-state index contributed by atoms with van der Waals surface area (Å²) in [5.41, 5.74) is 1.52. The molecule has 152 valence electrons. The van der Waals surface area contributed by atoms with Crippen molar-refractivity contribution in [2.24, 2.45) is 0 Å². The summed E-state index contributed by atoms with van der Waals surface area (Å²) < 4.78 is 31.7. The van der Waals surface area contributed by atoms with Gasteiger partial charge in [-0.15, -0.1) is 0 Å². The van der Waals surface area contributed by atoms with Crippen molar-refractivity contribution < 1.29 is 13.2 Å². The molecule has 0 bridgehead atoms. The lowest BCUT2D eigenvalue weighted by atomic mass is 10.2. The van der Waals surface area contributed by atoms with Gasteiger partial charge in [0.2, 0.25) is 15.9 Å². The van der Waals surface area contributed by atoms with Crippen molar-refractivity contribution in [3.8, 4) is 11.6 Å². The van der Waals surface area contributed by atoms with Crippen LogP contribution in [0, 0.1) is 0 Å². The maximum Gasteiger partial charge on any atom is 0.242 e. The maximum absolute atomic E-state index is 12.3. The summed E-state index contributed by atoms with van der Waals surface area (Å²) in [4.78, 5) is 4.34. The monoisotopic (exact) mass is 451 g/mol. The van der Waals surface area contributed by atoms with E-state index in [0.717, 1.165) is 5.56 Å². The number of para-hydroxylation sites is 2. The van der Waals surface area contributed by atoms with E-state index in [0.29, 0.717) is 28.0 Å². The van der Waals surface area contributed by atoms with Crippen molar-refractivity contribution in [2.75, 3.05) is 19.4 Å². The van der Waals surface area contributed by atoms with Gasteiger partial charge < -0.3 is 10.1 Å². The molecule has 0 saturated heterocycles. The van der Waals surface area contributed by atoms with E-state index in [4.69, 9.17) is 27.9 Å². The highest BCUT2D eigenvalue weighted by molar-refractivity contribution is 7.89. The van der Waals surface area contributed by atoms with Gasteiger partial charge >= 0.3 is 0 Å². The Morgan fingerprint density at radius 2 is 1.83 bits per heavy atom. The summed E-state index contributed by atoms with van der Waals surface area (Å²) in [6, 6.07) is 15.6. The molecule has 0 aliphatic rings. The van der Waals surface area contributed by atoms with Crippen LogP contribution in [-0.2, 0) is 16.6 Å². The van der Waals surface area contributed by atoms with Crippen molar-refractivity contribution in [2.45, 2.75) is 11.4 Å². The fraction of sp³-hybridized carbons (Fsp3) is 0.150. The summed E-state index contributed by atoms with van der Waals surface area (Å²) in [5, 5.41) is 3.98. The molecule has 0 aliphatic carbocycles. The second-order valence-electron chi connectivity index (χ2n) is 6.33. The molecule has 1 aromatic heterocycles. The average molecular weight is 452 g/mol. The number of sulfonamides is 1. The molecule has 1 N–H and O–H groups in total. The Bertz CT molecular complexity index is 1120. The van der Waals surface area contributed by atoms with Gasteiger partial charge in [-0.05, 0) is 35.9 Å². The number of hydrogen-bond donors (Lipinski definition) is 1. The fourth-order valence-electron chi connectivity index (χ4n) is 2.51. The zero-order valence-electron chi connectivity index (χ0n) is 15.8. The van der Waals surface area contributed by atoms with Gasteiger partial charge in [0.1, 0.15) is 5.02 Å². The maximum atomic E-state index is 12.3. The minimum Gasteiger partial charge on any atom is -0.435 e. The van der Waals surface area contributed by atoms with Crippen LogP contribution in [-0.4, -0.2) is 31.8 Å². The van der Waals surface area contributed by atoms with Crippen molar-refractivity contribution in [3.63, 3.8) is 0 Å². The molecule has 29 heavy (non-hydrogen) atoms. The van der Waals surface area contributed by atoms with Crippen molar-refractivity contribution in [1.82, 2.24) is 9.29 Å². The number of ether oxygens (including phenoxy) is 1. The minimum atomic E-state index is -3.49. The van der Waals surface area contributed by atoms with Gasteiger partial charge in [-0.1, -0.05) is 47.5 Å². The first-order valence-electron chi connectivity index (χ1n) is 8.60. The van der Waals surface area contributed by atoms with Gasteiger partial charge in [-0.2, -0.15) is 0 Å². The Morgan fingerprint density at radius 3 is 2.55 bits per heavy atom. The Morgan fingerprint density at radius 1 is 1.07 bits per heavy atom. The molecule has 0 aliphatic heterocycles. The number of aromatic nitrogens is 1. The molecule has 0 saturated carbocycles. The Balaban J connectivity index is 1.79. The van der Waals surface area contributed by atoms with E-state index in [9.17, 15) is 8.42 Å². The van der Waals surface area contributed by atoms with Crippen molar-refractivity contribution >= 4 is 38.9 Å². The number of nitrogens with zero attached hydrogens (tertiary/aromatic N) is 2. The summed E-state index contributed by atoms with van der Waals surface area (Å²) in [6.45, 7) is 0.402. The molecule has 3 aromatic rings. The SMILES string of the molecule is CN(C)S(=O)(=O)c1cccc(CNc2ccccc2Oc2ncc(Cl)cc2Cl)c1. The van der Waals surface area contributed by atoms with Crippen LogP contribution in [0.5, 0.6) is 11.6 Å². The first-order valence-corrected chi connectivity index (χ1v) is 10.8. The number of nitrogens with one attached hydrogen (secondary N) is 1. The number of hydrogen-bond acceptors (Lipinski definition) is 5. The molecular weight excluding hydrogens is 433 g/mol. The standard InChI is InChI=1S/C20H19Cl2N3O3S/c1-25(2)29(26,27)16-7-5-6-14(10-16)12-23-18-8-3-4-9-19(18)28-20-17(22)11-15(21)13-24-20/h3-11,13,23H,12H2,1-2H3. The third-order valence-corrected chi connectivity index (χ3v) is 6.32. The number of pyridine rings is 1. The molecule has 0 amide bonds. The van der Waals surface area contributed by atoms with Crippen LogP contribution in [0.15, 0.2) is 65.7 Å². The predicted molar refractivity (Wildman–Crippen MR) is 115 cm³/mol. The van der Waals surface area contributed by atoms with Crippen LogP contribution < -0.4 is 10.1 Å². The topological polar surface area (TPSA) is 71.5 Å². The fourth-order valence-corrected chi connectivity index (χ4v) is 3.90. The lowest BCUT2D eigenvalue weighted by molar-refractivity contribution is 0.465. The largest absolute Gasteiger partial charge is 0.435 e. The van der Waals surface area contributed by atoms with Gasteiger partial charge in [0.25, 0.3) is 0 Å². The van der Waals surface area contributed by atoms with Gasteiger partial charge in [-0.3, -0.25) is 0 Å². The highest BCUT2D eigenvalue weighted by atomic mass is 35.5. The molecule has 0 fully saturated rings. The molecule has 0 spiro atoms. The van der Waals surface area contributed by atoms with E-state index in [1.165, 1.54) is 24.6 Å². The second kappa shape index (κ2) is 9.00. The molecule has 0 atom stereocenters. The summed E-state index contributed by atoms with van der Waals surface area (Å²) in [6.07, 6.45) is 1.45. The van der Waals surface area contributed by atoms with Gasteiger partial charge in [-0.25, -0.2) is 17.7 Å². The van der Waals surface area contributed by atoms with Crippen molar-refractivity contribution in [3.05, 3.63) is 76.4 Å². The molecular formula is C20H19Cl2N3O3S. The molecule has 0 unspecified atom stereocenters. The Hall–Kier alpha value is -2.32. The van der Waals surface area contributed by atoms with Crippen LogP contribution in [0.25, 0.3) is 0 Å². The minimum absolute atomic E-state index is 0.239. The Kier molecular flexibility index (Phi) is 6.64. The lowest BCUT2D eigenvalue weighted by Gasteiger charge is -2.15. The first kappa shape index (κ1) is 21.4. The van der Waals surface area contributed by atoms with Gasteiger partial charge in [0, 0.05) is 26.8 Å². The normalized spacial score (nSPS) is 11.5. The van der Waals surface area contributed by atoms with E-state index >= 15 is 0 Å². The molecule has 1 heterocycles. The summed E-state index contributed by atoms with van der Waals surface area (Å²) >= 11 is 12.0. The smallest absolute Gasteiger partial charge is 0.242 e. The molecule has 6 nitrogen and oxygen atoms in total. The second-order valence-corrected chi connectivity index (χ2v) is 9.32. The number of rotatable bonds is 7. The van der Waals surface area contributed by atoms with E-state index in [1.54, 1.807) is 30.3 Å². The van der Waals surface area contributed by atoms with Crippen LogP contribution in [0.1, 0.15) is 5.56 Å². The van der Waals surface area contributed by atoms with Crippen LogP contribution in [0.4, 0.5) is 5.69 Å². The third kappa shape index (κ3) is 5.19. The predicted octanol–water partition coefficient (Wildman–Crippen LogP) is 5.04. The molecule has 3 rings (SSSR count).